The van der Waals surface area contributed by atoms with Gasteiger partial charge in [-0.1, -0.05) is 13.8 Å². The van der Waals surface area contributed by atoms with E-state index in [1.54, 1.807) is 7.11 Å². The second-order valence-corrected chi connectivity index (χ2v) is 4.09. The van der Waals surface area contributed by atoms with Crippen molar-refractivity contribution in [1.29, 1.82) is 0 Å². The van der Waals surface area contributed by atoms with E-state index in [0.717, 1.165) is 31.8 Å². The smallest absolute Gasteiger partial charge is 0.0464 e. The normalized spacial score (nSPS) is 16.0. The molecule has 0 heterocycles. The van der Waals surface area contributed by atoms with Gasteiger partial charge in [0.2, 0.25) is 0 Å². The minimum atomic E-state index is 0.370. The molecule has 2 atom stereocenters. The van der Waals surface area contributed by atoms with Crippen molar-refractivity contribution in [3.05, 3.63) is 0 Å². The van der Waals surface area contributed by atoms with E-state index in [0.29, 0.717) is 5.38 Å². The van der Waals surface area contributed by atoms with E-state index in [1.807, 2.05) is 0 Å². The first-order valence-electron chi connectivity index (χ1n) is 4.83. The van der Waals surface area contributed by atoms with Gasteiger partial charge in [-0.2, -0.15) is 0 Å². The molecule has 0 aliphatic carbocycles. The Kier molecular flexibility index (Phi) is 8.04. The highest BCUT2D eigenvalue weighted by Crippen LogP contribution is 2.16. The zero-order valence-electron chi connectivity index (χ0n) is 8.48. The molecule has 0 aromatic rings. The molecular weight excluding hydrogens is 172 g/mol. The highest BCUT2D eigenvalue weighted by atomic mass is 35.5. The summed E-state index contributed by atoms with van der Waals surface area (Å²) in [4.78, 5) is 0. The van der Waals surface area contributed by atoms with Gasteiger partial charge in [-0.15, -0.1) is 11.6 Å². The second-order valence-electron chi connectivity index (χ2n) is 3.47. The molecule has 0 bridgehead atoms. The molecule has 0 rings (SSSR count). The Morgan fingerprint density at radius 2 is 1.92 bits per heavy atom. The predicted molar refractivity (Wildman–Crippen MR) is 54.8 cm³/mol. The average Bonchev–Trinajstić information content (AvgIpc) is 2.10. The SMILES string of the molecule is CCC(Cl)CCC(C)CCOC. The summed E-state index contributed by atoms with van der Waals surface area (Å²) in [6.07, 6.45) is 4.61. The van der Waals surface area contributed by atoms with Crippen LogP contribution in [0, 0.1) is 5.92 Å². The topological polar surface area (TPSA) is 9.23 Å². The summed E-state index contributed by atoms with van der Waals surface area (Å²) < 4.78 is 5.01. The molecule has 1 nitrogen and oxygen atoms in total. The van der Waals surface area contributed by atoms with Crippen molar-refractivity contribution in [1.82, 2.24) is 0 Å². The Morgan fingerprint density at radius 1 is 1.25 bits per heavy atom. The first kappa shape index (κ1) is 12.2. The number of alkyl halides is 1. The van der Waals surface area contributed by atoms with Crippen LogP contribution < -0.4 is 0 Å². The third-order valence-corrected chi connectivity index (χ3v) is 2.76. The van der Waals surface area contributed by atoms with Crippen LogP contribution in [0.15, 0.2) is 0 Å². The third kappa shape index (κ3) is 6.93. The monoisotopic (exact) mass is 192 g/mol. The maximum Gasteiger partial charge on any atom is 0.0464 e. The van der Waals surface area contributed by atoms with E-state index in [9.17, 15) is 0 Å². The van der Waals surface area contributed by atoms with Gasteiger partial charge in [0.1, 0.15) is 0 Å². The standard InChI is InChI=1S/C10H21ClO/c1-4-10(11)6-5-9(2)7-8-12-3/h9-10H,4-8H2,1-3H3. The van der Waals surface area contributed by atoms with Crippen molar-refractivity contribution in [3.8, 4) is 0 Å². The largest absolute Gasteiger partial charge is 0.385 e. The molecule has 2 unspecified atom stereocenters. The van der Waals surface area contributed by atoms with Crippen molar-refractivity contribution in [3.63, 3.8) is 0 Å². The summed E-state index contributed by atoms with van der Waals surface area (Å²) in [5, 5.41) is 0.370. The van der Waals surface area contributed by atoms with E-state index in [4.69, 9.17) is 16.3 Å². The van der Waals surface area contributed by atoms with Crippen LogP contribution in [0.5, 0.6) is 0 Å². The Hall–Kier alpha value is 0.250. The molecule has 0 amide bonds. The fraction of sp³-hybridized carbons (Fsp3) is 1.00. The molecule has 2 heteroatoms. The van der Waals surface area contributed by atoms with Crippen LogP contribution in [0.25, 0.3) is 0 Å². The highest BCUT2D eigenvalue weighted by molar-refractivity contribution is 6.20. The number of methoxy groups -OCH3 is 1. The van der Waals surface area contributed by atoms with Crippen molar-refractivity contribution < 1.29 is 4.74 Å². The van der Waals surface area contributed by atoms with E-state index in [2.05, 4.69) is 13.8 Å². The fourth-order valence-corrected chi connectivity index (χ4v) is 1.26. The lowest BCUT2D eigenvalue weighted by Crippen LogP contribution is -2.04. The first-order chi connectivity index (χ1) is 5.70. The Labute approximate surface area is 81.4 Å². The lowest BCUT2D eigenvalue weighted by atomic mass is 10.0. The van der Waals surface area contributed by atoms with Gasteiger partial charge in [-0.05, 0) is 31.6 Å². The molecular formula is C10H21ClO. The second kappa shape index (κ2) is 7.88. The molecule has 0 N–H and O–H groups in total. The van der Waals surface area contributed by atoms with Crippen LogP contribution in [0.4, 0.5) is 0 Å². The van der Waals surface area contributed by atoms with Gasteiger partial charge in [0, 0.05) is 19.1 Å². The summed E-state index contributed by atoms with van der Waals surface area (Å²) in [5.74, 6) is 0.748. The molecule has 0 fully saturated rings. The first-order valence-corrected chi connectivity index (χ1v) is 5.27. The van der Waals surface area contributed by atoms with E-state index < -0.39 is 0 Å². The fourth-order valence-electron chi connectivity index (χ4n) is 1.13. The zero-order valence-corrected chi connectivity index (χ0v) is 9.23. The molecule has 0 aliphatic rings. The summed E-state index contributed by atoms with van der Waals surface area (Å²) in [5.41, 5.74) is 0. The van der Waals surface area contributed by atoms with Crippen molar-refractivity contribution in [2.75, 3.05) is 13.7 Å². The third-order valence-electron chi connectivity index (χ3n) is 2.23. The maximum atomic E-state index is 6.01. The van der Waals surface area contributed by atoms with Crippen LogP contribution in [0.3, 0.4) is 0 Å². The van der Waals surface area contributed by atoms with Gasteiger partial charge < -0.3 is 4.74 Å². The summed E-state index contributed by atoms with van der Waals surface area (Å²) >= 11 is 6.01. The summed E-state index contributed by atoms with van der Waals surface area (Å²) in [6.45, 7) is 5.27. The number of rotatable bonds is 7. The lowest BCUT2D eigenvalue weighted by molar-refractivity contribution is 0.178. The van der Waals surface area contributed by atoms with Crippen LogP contribution in [-0.2, 0) is 4.74 Å². The van der Waals surface area contributed by atoms with E-state index in [1.165, 1.54) is 6.42 Å². The molecule has 0 saturated heterocycles. The van der Waals surface area contributed by atoms with Crippen molar-refractivity contribution in [2.45, 2.75) is 44.9 Å². The zero-order chi connectivity index (χ0) is 9.40. The van der Waals surface area contributed by atoms with Gasteiger partial charge in [0.15, 0.2) is 0 Å². The Morgan fingerprint density at radius 3 is 2.42 bits per heavy atom. The lowest BCUT2D eigenvalue weighted by Gasteiger charge is -2.12. The van der Waals surface area contributed by atoms with Crippen molar-refractivity contribution in [2.24, 2.45) is 5.92 Å². The Balaban J connectivity index is 3.24. The van der Waals surface area contributed by atoms with Crippen LogP contribution in [0.2, 0.25) is 0 Å². The molecule has 0 aliphatic heterocycles. The number of ether oxygens (including phenoxy) is 1. The number of hydrogen-bond donors (Lipinski definition) is 0. The number of hydrogen-bond acceptors (Lipinski definition) is 1. The van der Waals surface area contributed by atoms with Crippen molar-refractivity contribution >= 4 is 11.6 Å². The van der Waals surface area contributed by atoms with Gasteiger partial charge in [0.05, 0.1) is 0 Å². The molecule has 0 saturated carbocycles. The highest BCUT2D eigenvalue weighted by Gasteiger charge is 2.05. The minimum Gasteiger partial charge on any atom is -0.385 e. The van der Waals surface area contributed by atoms with E-state index >= 15 is 0 Å². The van der Waals surface area contributed by atoms with Crippen LogP contribution >= 0.6 is 11.6 Å². The molecule has 74 valence electrons. The molecule has 0 spiro atoms. The minimum absolute atomic E-state index is 0.370. The average molecular weight is 193 g/mol. The van der Waals surface area contributed by atoms with Gasteiger partial charge in [-0.3, -0.25) is 0 Å². The van der Waals surface area contributed by atoms with Crippen LogP contribution in [-0.4, -0.2) is 19.1 Å². The Bertz CT molecular complexity index is 95.8. The maximum absolute atomic E-state index is 6.01. The summed E-state index contributed by atoms with van der Waals surface area (Å²) in [7, 11) is 1.75. The predicted octanol–water partition coefficient (Wildman–Crippen LogP) is 3.46. The molecule has 0 aromatic carbocycles. The van der Waals surface area contributed by atoms with Gasteiger partial charge in [0.25, 0.3) is 0 Å². The summed E-state index contributed by atoms with van der Waals surface area (Å²) in [6, 6.07) is 0. The van der Waals surface area contributed by atoms with Gasteiger partial charge in [-0.25, -0.2) is 0 Å². The van der Waals surface area contributed by atoms with Gasteiger partial charge >= 0.3 is 0 Å². The quantitative estimate of drug-likeness (QED) is 0.562. The molecule has 0 aromatic heterocycles. The number of halogens is 1. The van der Waals surface area contributed by atoms with E-state index in [-0.39, 0.29) is 0 Å². The molecule has 12 heavy (non-hydrogen) atoms. The molecule has 0 radical (unpaired) electrons. The van der Waals surface area contributed by atoms with Crippen LogP contribution in [0.1, 0.15) is 39.5 Å².